The van der Waals surface area contributed by atoms with Gasteiger partial charge in [-0.2, -0.15) is 9.65 Å². The third-order valence-corrected chi connectivity index (χ3v) is 2.57. The molecule has 0 atom stereocenters. The van der Waals surface area contributed by atoms with Gasteiger partial charge in [-0.1, -0.05) is 0 Å². The lowest BCUT2D eigenvalue weighted by molar-refractivity contribution is -0.384. The molecule has 0 aliphatic rings. The summed E-state index contributed by atoms with van der Waals surface area (Å²) in [5.74, 6) is -1.33. The van der Waals surface area contributed by atoms with Crippen LogP contribution in [0, 0.1) is 27.4 Å². The van der Waals surface area contributed by atoms with E-state index in [2.05, 4.69) is 10.3 Å². The van der Waals surface area contributed by atoms with E-state index < -0.39 is 16.8 Å². The number of nitro groups is 1. The van der Waals surface area contributed by atoms with Crippen LogP contribution >= 0.6 is 0 Å². The van der Waals surface area contributed by atoms with Crippen molar-refractivity contribution in [3.05, 3.63) is 63.7 Å². The molecule has 1 aromatic carbocycles. The van der Waals surface area contributed by atoms with Crippen LogP contribution in [0.4, 0.5) is 15.8 Å². The molecule has 2 rings (SSSR count). The van der Waals surface area contributed by atoms with Crippen molar-refractivity contribution in [2.24, 2.45) is 0 Å². The highest BCUT2D eigenvalue weighted by atomic mass is 19.1. The molecule has 0 aliphatic heterocycles. The number of hydrogen-bond donors (Lipinski definition) is 1. The van der Waals surface area contributed by atoms with Gasteiger partial charge in [0.05, 0.1) is 21.7 Å². The quantitative estimate of drug-likeness (QED) is 0.528. The van der Waals surface area contributed by atoms with Crippen LogP contribution in [0.25, 0.3) is 0 Å². The molecule has 0 saturated carbocycles. The summed E-state index contributed by atoms with van der Waals surface area (Å²) >= 11 is 0. The molecule has 1 N–H and O–H groups in total. The van der Waals surface area contributed by atoms with Gasteiger partial charge in [0, 0.05) is 18.3 Å². The molecule has 21 heavy (non-hydrogen) atoms. The second-order valence-corrected chi connectivity index (χ2v) is 3.92. The van der Waals surface area contributed by atoms with Crippen molar-refractivity contribution in [2.45, 2.75) is 0 Å². The van der Waals surface area contributed by atoms with Crippen LogP contribution in [0.3, 0.4) is 0 Å². The number of halogens is 1. The zero-order chi connectivity index (χ0) is 15.4. The third-order valence-electron chi connectivity index (χ3n) is 2.57. The minimum absolute atomic E-state index is 0.0485. The summed E-state index contributed by atoms with van der Waals surface area (Å²) in [5, 5.41) is 22.0. The first kappa shape index (κ1) is 14.1. The molecule has 2 aromatic rings. The number of pyridine rings is 1. The Bertz CT molecular complexity index is 753. The van der Waals surface area contributed by atoms with E-state index in [-0.39, 0.29) is 22.5 Å². The lowest BCUT2D eigenvalue weighted by atomic mass is 10.1. The molecule has 1 amide bonds. The van der Waals surface area contributed by atoms with Gasteiger partial charge in [0.25, 0.3) is 11.6 Å². The van der Waals surface area contributed by atoms with Crippen molar-refractivity contribution in [3.8, 4) is 6.07 Å². The molecule has 104 valence electrons. The number of non-ortho nitro benzene ring substituents is 1. The molecule has 0 bridgehead atoms. The standard InChI is InChI=1S/C13H7FN4O3/c14-12-4-1-8(7-16-12)13(19)17-11-3-2-10(18(20)21)5-9(11)6-15/h1-5,7H,(H,17,19). The van der Waals surface area contributed by atoms with Gasteiger partial charge in [-0.25, -0.2) is 4.98 Å². The highest BCUT2D eigenvalue weighted by Crippen LogP contribution is 2.21. The van der Waals surface area contributed by atoms with Crippen LogP contribution in [0.1, 0.15) is 15.9 Å². The molecular weight excluding hydrogens is 279 g/mol. The van der Waals surface area contributed by atoms with Gasteiger partial charge in [0.2, 0.25) is 5.95 Å². The number of anilines is 1. The van der Waals surface area contributed by atoms with Gasteiger partial charge >= 0.3 is 0 Å². The monoisotopic (exact) mass is 286 g/mol. The van der Waals surface area contributed by atoms with Crippen LogP contribution < -0.4 is 5.32 Å². The van der Waals surface area contributed by atoms with E-state index in [1.165, 1.54) is 18.2 Å². The van der Waals surface area contributed by atoms with Crippen molar-refractivity contribution >= 4 is 17.3 Å². The fourth-order valence-corrected chi connectivity index (χ4v) is 1.55. The maximum absolute atomic E-state index is 12.7. The van der Waals surface area contributed by atoms with Crippen molar-refractivity contribution in [1.82, 2.24) is 4.98 Å². The molecule has 0 spiro atoms. The Morgan fingerprint density at radius 3 is 2.71 bits per heavy atom. The Kier molecular flexibility index (Phi) is 3.85. The fourth-order valence-electron chi connectivity index (χ4n) is 1.55. The highest BCUT2D eigenvalue weighted by Gasteiger charge is 2.13. The first-order valence-electron chi connectivity index (χ1n) is 5.62. The van der Waals surface area contributed by atoms with Crippen LogP contribution in [0.5, 0.6) is 0 Å². The lowest BCUT2D eigenvalue weighted by Gasteiger charge is -2.06. The summed E-state index contributed by atoms with van der Waals surface area (Å²) in [6, 6.07) is 7.49. The van der Waals surface area contributed by atoms with Gasteiger partial charge in [-0.15, -0.1) is 0 Å². The fraction of sp³-hybridized carbons (Fsp3) is 0. The summed E-state index contributed by atoms with van der Waals surface area (Å²) in [7, 11) is 0. The highest BCUT2D eigenvalue weighted by molar-refractivity contribution is 6.04. The predicted octanol–water partition coefficient (Wildman–Crippen LogP) is 2.25. The molecule has 0 saturated heterocycles. The second-order valence-electron chi connectivity index (χ2n) is 3.92. The normalized spacial score (nSPS) is 9.71. The Labute approximate surface area is 117 Å². The Morgan fingerprint density at radius 1 is 1.38 bits per heavy atom. The molecule has 0 aliphatic carbocycles. The average molecular weight is 286 g/mol. The van der Waals surface area contributed by atoms with Crippen molar-refractivity contribution in [1.29, 1.82) is 5.26 Å². The van der Waals surface area contributed by atoms with Crippen LogP contribution in [0.15, 0.2) is 36.5 Å². The van der Waals surface area contributed by atoms with E-state index in [4.69, 9.17) is 5.26 Å². The Balaban J connectivity index is 2.27. The van der Waals surface area contributed by atoms with Gasteiger partial charge in [0.1, 0.15) is 6.07 Å². The number of nitro benzene ring substituents is 1. The third kappa shape index (κ3) is 3.16. The minimum Gasteiger partial charge on any atom is -0.321 e. The van der Waals surface area contributed by atoms with Crippen molar-refractivity contribution in [2.75, 3.05) is 5.32 Å². The molecule has 1 aromatic heterocycles. The Morgan fingerprint density at radius 2 is 2.14 bits per heavy atom. The average Bonchev–Trinajstić information content (AvgIpc) is 2.48. The maximum Gasteiger partial charge on any atom is 0.270 e. The first-order valence-corrected chi connectivity index (χ1v) is 5.62. The number of aromatic nitrogens is 1. The van der Waals surface area contributed by atoms with E-state index >= 15 is 0 Å². The summed E-state index contributed by atoms with van der Waals surface area (Å²) < 4.78 is 12.7. The van der Waals surface area contributed by atoms with E-state index in [0.29, 0.717) is 0 Å². The number of nitrogens with one attached hydrogen (secondary N) is 1. The molecule has 0 radical (unpaired) electrons. The summed E-state index contributed by atoms with van der Waals surface area (Å²) in [5.41, 5.74) is -0.0864. The van der Waals surface area contributed by atoms with Crippen molar-refractivity contribution in [3.63, 3.8) is 0 Å². The molecular formula is C13H7FN4O3. The number of carbonyl (C=O) groups is 1. The zero-order valence-electron chi connectivity index (χ0n) is 10.4. The largest absolute Gasteiger partial charge is 0.321 e. The van der Waals surface area contributed by atoms with Crippen LogP contribution in [0.2, 0.25) is 0 Å². The topological polar surface area (TPSA) is 109 Å². The summed E-state index contributed by atoms with van der Waals surface area (Å²) in [6.07, 6.45) is 1.04. The number of hydrogen-bond acceptors (Lipinski definition) is 5. The number of rotatable bonds is 3. The van der Waals surface area contributed by atoms with Gasteiger partial charge in [-0.3, -0.25) is 14.9 Å². The van der Waals surface area contributed by atoms with E-state index in [1.807, 2.05) is 0 Å². The molecule has 8 heteroatoms. The maximum atomic E-state index is 12.7. The summed E-state index contributed by atoms with van der Waals surface area (Å²) in [4.78, 5) is 25.2. The van der Waals surface area contributed by atoms with Crippen LogP contribution in [-0.2, 0) is 0 Å². The molecule has 0 unspecified atom stereocenters. The molecule has 1 heterocycles. The lowest BCUT2D eigenvalue weighted by Crippen LogP contribution is -2.13. The first-order chi connectivity index (χ1) is 10.0. The predicted molar refractivity (Wildman–Crippen MR) is 70.0 cm³/mol. The number of carbonyl (C=O) groups excluding carboxylic acids is 1. The SMILES string of the molecule is N#Cc1cc([N+](=O)[O-])ccc1NC(=O)c1ccc(F)nc1. The van der Waals surface area contributed by atoms with E-state index in [9.17, 15) is 19.3 Å². The smallest absolute Gasteiger partial charge is 0.270 e. The summed E-state index contributed by atoms with van der Waals surface area (Å²) in [6.45, 7) is 0. The number of amides is 1. The molecule has 0 fully saturated rings. The minimum atomic E-state index is -0.723. The molecule has 7 nitrogen and oxygen atoms in total. The van der Waals surface area contributed by atoms with Gasteiger partial charge in [0.15, 0.2) is 0 Å². The zero-order valence-corrected chi connectivity index (χ0v) is 10.4. The van der Waals surface area contributed by atoms with Crippen LogP contribution in [-0.4, -0.2) is 15.8 Å². The van der Waals surface area contributed by atoms with Gasteiger partial charge in [-0.05, 0) is 18.2 Å². The van der Waals surface area contributed by atoms with E-state index in [1.54, 1.807) is 6.07 Å². The Hall–Kier alpha value is -3.34. The number of nitrogens with zero attached hydrogens (tertiary/aromatic N) is 3. The second kappa shape index (κ2) is 5.75. The van der Waals surface area contributed by atoms with E-state index in [0.717, 1.165) is 18.3 Å². The van der Waals surface area contributed by atoms with Gasteiger partial charge < -0.3 is 5.32 Å². The van der Waals surface area contributed by atoms with Crippen molar-refractivity contribution < 1.29 is 14.1 Å². The number of benzene rings is 1. The number of nitriles is 1.